The summed E-state index contributed by atoms with van der Waals surface area (Å²) in [5.41, 5.74) is 0.848. The van der Waals surface area contributed by atoms with E-state index < -0.39 is 0 Å². The van der Waals surface area contributed by atoms with Crippen molar-refractivity contribution in [1.29, 1.82) is 0 Å². The molecule has 0 N–H and O–H groups in total. The zero-order chi connectivity index (χ0) is 16.7. The van der Waals surface area contributed by atoms with Crippen molar-refractivity contribution in [2.45, 2.75) is 38.8 Å². The molecule has 0 bridgehead atoms. The van der Waals surface area contributed by atoms with Crippen molar-refractivity contribution in [3.63, 3.8) is 0 Å². The number of aromatic nitrogens is 2. The smallest absolute Gasteiger partial charge is 0.276 e. The Bertz CT molecular complexity index is 719. The van der Waals surface area contributed by atoms with Gasteiger partial charge < -0.3 is 9.32 Å². The Balaban J connectivity index is 1.34. The van der Waals surface area contributed by atoms with E-state index in [-0.39, 0.29) is 5.91 Å². The molecule has 128 valence electrons. The first-order valence-corrected chi connectivity index (χ1v) is 9.25. The predicted octanol–water partition coefficient (Wildman–Crippen LogP) is 2.57. The van der Waals surface area contributed by atoms with Gasteiger partial charge in [-0.15, -0.1) is 11.3 Å². The Labute approximate surface area is 145 Å². The molecule has 2 aromatic rings. The van der Waals surface area contributed by atoms with Crippen molar-refractivity contribution in [3.05, 3.63) is 34.4 Å². The molecule has 7 heteroatoms. The number of hydrogen-bond donors (Lipinski definition) is 0. The maximum atomic E-state index is 12.5. The highest BCUT2D eigenvalue weighted by atomic mass is 32.1. The SMILES string of the molecule is Cc1ocnc1C(=O)N1CCC2(CC1)C[C@@H]2N(C)Cc1nccs1. The molecule has 0 radical (unpaired) electrons. The summed E-state index contributed by atoms with van der Waals surface area (Å²) in [6.45, 7) is 4.33. The summed E-state index contributed by atoms with van der Waals surface area (Å²) < 4.78 is 5.16. The van der Waals surface area contributed by atoms with Gasteiger partial charge in [0.15, 0.2) is 12.1 Å². The Morgan fingerprint density at radius 2 is 2.25 bits per heavy atom. The van der Waals surface area contributed by atoms with Gasteiger partial charge in [-0.05, 0) is 38.6 Å². The predicted molar refractivity (Wildman–Crippen MR) is 90.8 cm³/mol. The van der Waals surface area contributed by atoms with Crippen molar-refractivity contribution in [2.24, 2.45) is 5.41 Å². The lowest BCUT2D eigenvalue weighted by molar-refractivity contribution is 0.0651. The van der Waals surface area contributed by atoms with E-state index in [1.807, 2.05) is 16.5 Å². The number of carbonyl (C=O) groups is 1. The van der Waals surface area contributed by atoms with Crippen LogP contribution in [0, 0.1) is 12.3 Å². The average Bonchev–Trinajstić information content (AvgIpc) is 2.94. The average molecular weight is 346 g/mol. The zero-order valence-electron chi connectivity index (χ0n) is 14.1. The third kappa shape index (κ3) is 2.75. The summed E-state index contributed by atoms with van der Waals surface area (Å²) in [7, 11) is 2.19. The molecule has 1 atom stereocenters. The third-order valence-electron chi connectivity index (χ3n) is 5.54. The van der Waals surface area contributed by atoms with Crippen molar-refractivity contribution in [3.8, 4) is 0 Å². The minimum absolute atomic E-state index is 0.00411. The van der Waals surface area contributed by atoms with Crippen LogP contribution in [0.25, 0.3) is 0 Å². The minimum atomic E-state index is 0.00411. The molecule has 1 saturated carbocycles. The van der Waals surface area contributed by atoms with Crippen LogP contribution in [-0.2, 0) is 6.54 Å². The molecule has 1 amide bonds. The molecule has 6 nitrogen and oxygen atoms in total. The molecule has 2 fully saturated rings. The first kappa shape index (κ1) is 15.8. The maximum absolute atomic E-state index is 12.5. The van der Waals surface area contributed by atoms with Crippen molar-refractivity contribution < 1.29 is 9.21 Å². The van der Waals surface area contributed by atoms with Crippen molar-refractivity contribution in [1.82, 2.24) is 19.8 Å². The van der Waals surface area contributed by atoms with E-state index in [4.69, 9.17) is 4.42 Å². The standard InChI is InChI=1S/C17H22N4O2S/c1-12-15(19-11-23-12)16(22)21-6-3-17(4-7-21)9-13(17)20(2)10-14-18-5-8-24-14/h5,8,11,13H,3-4,6-7,9-10H2,1-2H3/t13-/m0/s1. The minimum Gasteiger partial charge on any atom is -0.448 e. The summed E-state index contributed by atoms with van der Waals surface area (Å²) >= 11 is 1.71. The van der Waals surface area contributed by atoms with Gasteiger partial charge >= 0.3 is 0 Å². The van der Waals surface area contributed by atoms with Crippen LogP contribution in [0.4, 0.5) is 0 Å². The van der Waals surface area contributed by atoms with E-state index in [0.29, 0.717) is 22.9 Å². The van der Waals surface area contributed by atoms with Gasteiger partial charge in [0, 0.05) is 30.7 Å². The lowest BCUT2D eigenvalue weighted by Gasteiger charge is -2.33. The van der Waals surface area contributed by atoms with E-state index in [9.17, 15) is 4.79 Å². The second kappa shape index (κ2) is 5.97. The summed E-state index contributed by atoms with van der Waals surface area (Å²) in [5, 5.41) is 3.20. The first-order valence-electron chi connectivity index (χ1n) is 8.37. The number of amides is 1. The van der Waals surface area contributed by atoms with Gasteiger partial charge in [-0.1, -0.05) is 0 Å². The topological polar surface area (TPSA) is 62.5 Å². The Kier molecular flexibility index (Phi) is 3.92. The van der Waals surface area contributed by atoms with Crippen LogP contribution in [-0.4, -0.2) is 51.9 Å². The molecule has 4 rings (SSSR count). The number of oxazole rings is 1. The number of rotatable bonds is 4. The molecule has 0 unspecified atom stereocenters. The molecule has 2 aromatic heterocycles. The van der Waals surface area contributed by atoms with Crippen LogP contribution in [0.5, 0.6) is 0 Å². The number of likely N-dealkylation sites (tertiary alicyclic amines) is 1. The second-order valence-electron chi connectivity index (χ2n) is 6.97. The number of hydrogen-bond acceptors (Lipinski definition) is 6. The van der Waals surface area contributed by atoms with E-state index in [0.717, 1.165) is 32.5 Å². The van der Waals surface area contributed by atoms with Gasteiger partial charge in [0.05, 0.1) is 6.54 Å². The van der Waals surface area contributed by atoms with E-state index in [2.05, 4.69) is 21.9 Å². The molecule has 3 heterocycles. The summed E-state index contributed by atoms with van der Waals surface area (Å²) in [4.78, 5) is 25.3. The summed E-state index contributed by atoms with van der Waals surface area (Å²) in [5.74, 6) is 0.609. The van der Waals surface area contributed by atoms with Gasteiger partial charge in [-0.25, -0.2) is 9.97 Å². The highest BCUT2D eigenvalue weighted by molar-refractivity contribution is 7.09. The number of piperidine rings is 1. The third-order valence-corrected chi connectivity index (χ3v) is 6.30. The van der Waals surface area contributed by atoms with Gasteiger partial charge in [0.1, 0.15) is 10.8 Å². The van der Waals surface area contributed by atoms with Crippen molar-refractivity contribution >= 4 is 17.2 Å². The maximum Gasteiger partial charge on any atom is 0.276 e. The Hall–Kier alpha value is -1.73. The molecule has 24 heavy (non-hydrogen) atoms. The van der Waals surface area contributed by atoms with Gasteiger partial charge in [0.25, 0.3) is 5.91 Å². The number of aryl methyl sites for hydroxylation is 1. The fraction of sp³-hybridized carbons (Fsp3) is 0.588. The number of thiazole rings is 1. The molecule has 1 saturated heterocycles. The highest BCUT2D eigenvalue weighted by Gasteiger charge is 2.57. The van der Waals surface area contributed by atoms with E-state index in [1.54, 1.807) is 18.3 Å². The molecule has 2 aliphatic rings. The molecule has 1 aliphatic heterocycles. The first-order chi connectivity index (χ1) is 11.6. The molecular formula is C17H22N4O2S. The second-order valence-corrected chi connectivity index (χ2v) is 7.95. The normalized spacial score (nSPS) is 22.3. The Morgan fingerprint density at radius 1 is 1.46 bits per heavy atom. The monoisotopic (exact) mass is 346 g/mol. The Morgan fingerprint density at radius 3 is 2.88 bits per heavy atom. The van der Waals surface area contributed by atoms with Crippen LogP contribution < -0.4 is 0 Å². The number of nitrogens with zero attached hydrogens (tertiary/aromatic N) is 4. The number of carbonyl (C=O) groups excluding carboxylic acids is 1. The largest absolute Gasteiger partial charge is 0.448 e. The van der Waals surface area contributed by atoms with Crippen LogP contribution in [0.1, 0.15) is 40.5 Å². The fourth-order valence-electron chi connectivity index (χ4n) is 3.96. The van der Waals surface area contributed by atoms with Gasteiger partial charge in [-0.3, -0.25) is 9.69 Å². The quantitative estimate of drug-likeness (QED) is 0.851. The van der Waals surface area contributed by atoms with E-state index in [1.165, 1.54) is 17.8 Å². The molecule has 1 spiro atoms. The highest BCUT2D eigenvalue weighted by Crippen LogP contribution is 2.56. The molecule has 0 aromatic carbocycles. The fourth-order valence-corrected chi connectivity index (χ4v) is 4.64. The van der Waals surface area contributed by atoms with Gasteiger partial charge in [0.2, 0.25) is 0 Å². The molecule has 1 aliphatic carbocycles. The summed E-state index contributed by atoms with van der Waals surface area (Å²) in [6.07, 6.45) is 6.59. The van der Waals surface area contributed by atoms with E-state index >= 15 is 0 Å². The van der Waals surface area contributed by atoms with Crippen molar-refractivity contribution in [2.75, 3.05) is 20.1 Å². The van der Waals surface area contributed by atoms with Gasteiger partial charge in [-0.2, -0.15) is 0 Å². The van der Waals surface area contributed by atoms with Crippen LogP contribution in [0.2, 0.25) is 0 Å². The lowest BCUT2D eigenvalue weighted by Crippen LogP contribution is -2.41. The molecular weight excluding hydrogens is 324 g/mol. The van der Waals surface area contributed by atoms with Crippen LogP contribution in [0.3, 0.4) is 0 Å². The summed E-state index contributed by atoms with van der Waals surface area (Å²) in [6, 6.07) is 0.618. The van der Waals surface area contributed by atoms with Crippen LogP contribution in [0.15, 0.2) is 22.4 Å². The lowest BCUT2D eigenvalue weighted by atomic mass is 9.92. The van der Waals surface area contributed by atoms with Crippen LogP contribution >= 0.6 is 11.3 Å². The zero-order valence-corrected chi connectivity index (χ0v) is 14.9.